The number of halogens is 1. The first-order valence-electron chi connectivity index (χ1n) is 8.10. The first kappa shape index (κ1) is 19.7. The highest BCUT2D eigenvalue weighted by atomic mass is 35.5. The predicted molar refractivity (Wildman–Crippen MR) is 104 cm³/mol. The van der Waals surface area contributed by atoms with Gasteiger partial charge in [-0.15, -0.1) is 0 Å². The Balaban J connectivity index is 2.13. The van der Waals surface area contributed by atoms with E-state index in [0.29, 0.717) is 28.0 Å². The topological polar surface area (TPSA) is 56.8 Å². The van der Waals surface area contributed by atoms with Gasteiger partial charge in [-0.25, -0.2) is 0 Å². The molecule has 2 aromatic rings. The summed E-state index contributed by atoms with van der Waals surface area (Å²) >= 11 is 6.28. The van der Waals surface area contributed by atoms with Crippen LogP contribution < -0.4 is 19.5 Å². The zero-order chi connectivity index (χ0) is 19.1. The van der Waals surface area contributed by atoms with E-state index in [-0.39, 0.29) is 12.0 Å². The minimum absolute atomic E-state index is 0.0311. The van der Waals surface area contributed by atoms with Crippen LogP contribution in [0.2, 0.25) is 5.02 Å². The molecule has 0 heterocycles. The van der Waals surface area contributed by atoms with Gasteiger partial charge in [0.15, 0.2) is 11.5 Å². The predicted octanol–water partition coefficient (Wildman–Crippen LogP) is 4.80. The zero-order valence-corrected chi connectivity index (χ0v) is 16.0. The molecular formula is C20H22ClNO4. The summed E-state index contributed by atoms with van der Waals surface area (Å²) in [5.74, 6) is 1.40. The van der Waals surface area contributed by atoms with Gasteiger partial charge in [-0.1, -0.05) is 17.7 Å². The molecule has 2 rings (SSSR count). The third-order valence-electron chi connectivity index (χ3n) is 3.37. The number of rotatable bonds is 7. The molecule has 0 aliphatic rings. The van der Waals surface area contributed by atoms with E-state index in [1.165, 1.54) is 6.08 Å². The SMILES string of the molecule is COc1cccc(NC(=O)/C=C/c2cc(Cl)c(OC(C)C)c(OC)c2)c1. The lowest BCUT2D eigenvalue weighted by molar-refractivity contribution is -0.111. The fraction of sp³-hybridized carbons (Fsp3) is 0.250. The van der Waals surface area contributed by atoms with E-state index in [1.807, 2.05) is 13.8 Å². The molecule has 0 spiro atoms. The van der Waals surface area contributed by atoms with Gasteiger partial charge in [0.2, 0.25) is 5.91 Å². The number of carbonyl (C=O) groups is 1. The van der Waals surface area contributed by atoms with Gasteiger partial charge < -0.3 is 19.5 Å². The summed E-state index contributed by atoms with van der Waals surface area (Å²) < 4.78 is 16.1. The van der Waals surface area contributed by atoms with Crippen molar-refractivity contribution in [3.8, 4) is 17.2 Å². The molecule has 0 unspecified atom stereocenters. The van der Waals surface area contributed by atoms with E-state index in [2.05, 4.69) is 5.32 Å². The van der Waals surface area contributed by atoms with E-state index in [4.69, 9.17) is 25.8 Å². The van der Waals surface area contributed by atoms with Crippen molar-refractivity contribution in [3.05, 3.63) is 53.1 Å². The van der Waals surface area contributed by atoms with Crippen molar-refractivity contribution < 1.29 is 19.0 Å². The van der Waals surface area contributed by atoms with Gasteiger partial charge in [0, 0.05) is 17.8 Å². The van der Waals surface area contributed by atoms with Crippen molar-refractivity contribution in [3.63, 3.8) is 0 Å². The van der Waals surface area contributed by atoms with Crippen molar-refractivity contribution in [1.29, 1.82) is 0 Å². The molecule has 0 radical (unpaired) electrons. The molecule has 26 heavy (non-hydrogen) atoms. The van der Waals surface area contributed by atoms with Crippen molar-refractivity contribution in [1.82, 2.24) is 0 Å². The van der Waals surface area contributed by atoms with Gasteiger partial charge in [0.05, 0.1) is 25.3 Å². The molecule has 0 saturated carbocycles. The number of nitrogens with one attached hydrogen (secondary N) is 1. The van der Waals surface area contributed by atoms with Crippen molar-refractivity contribution in [2.24, 2.45) is 0 Å². The molecule has 6 heteroatoms. The lowest BCUT2D eigenvalue weighted by Crippen LogP contribution is -2.08. The van der Waals surface area contributed by atoms with E-state index >= 15 is 0 Å². The smallest absolute Gasteiger partial charge is 0.248 e. The quantitative estimate of drug-likeness (QED) is 0.706. The molecule has 0 atom stereocenters. The highest BCUT2D eigenvalue weighted by molar-refractivity contribution is 6.32. The van der Waals surface area contributed by atoms with Crippen LogP contribution in [0.3, 0.4) is 0 Å². The van der Waals surface area contributed by atoms with Crippen LogP contribution in [0.1, 0.15) is 19.4 Å². The van der Waals surface area contributed by atoms with Crippen LogP contribution in [0.25, 0.3) is 6.08 Å². The average molecular weight is 376 g/mol. The van der Waals surface area contributed by atoms with Gasteiger partial charge in [-0.05, 0) is 49.8 Å². The molecule has 0 bridgehead atoms. The van der Waals surface area contributed by atoms with E-state index < -0.39 is 0 Å². The largest absolute Gasteiger partial charge is 0.497 e. The third-order valence-corrected chi connectivity index (χ3v) is 3.65. The molecule has 0 aromatic heterocycles. The Morgan fingerprint density at radius 3 is 2.58 bits per heavy atom. The van der Waals surface area contributed by atoms with Gasteiger partial charge in [-0.2, -0.15) is 0 Å². The zero-order valence-electron chi connectivity index (χ0n) is 15.2. The second kappa shape index (κ2) is 9.15. The van der Waals surface area contributed by atoms with E-state index in [9.17, 15) is 4.79 Å². The Kier molecular flexibility index (Phi) is 6.92. The molecular weight excluding hydrogens is 354 g/mol. The monoisotopic (exact) mass is 375 g/mol. The lowest BCUT2D eigenvalue weighted by Gasteiger charge is -2.15. The Hall–Kier alpha value is -2.66. The summed E-state index contributed by atoms with van der Waals surface area (Å²) in [6.45, 7) is 3.82. The number of anilines is 1. The van der Waals surface area contributed by atoms with Gasteiger partial charge >= 0.3 is 0 Å². The number of hydrogen-bond donors (Lipinski definition) is 1. The van der Waals surface area contributed by atoms with Crippen LogP contribution in [-0.2, 0) is 4.79 Å². The van der Waals surface area contributed by atoms with Gasteiger partial charge in [0.1, 0.15) is 5.75 Å². The maximum absolute atomic E-state index is 12.1. The molecule has 0 aliphatic carbocycles. The first-order valence-corrected chi connectivity index (χ1v) is 8.48. The Bertz CT molecular complexity index is 802. The summed E-state index contributed by atoms with van der Waals surface area (Å²) in [7, 11) is 3.12. The molecule has 2 aromatic carbocycles. The first-order chi connectivity index (χ1) is 12.4. The van der Waals surface area contributed by atoms with Crippen LogP contribution in [-0.4, -0.2) is 26.2 Å². The van der Waals surface area contributed by atoms with Crippen molar-refractivity contribution >= 4 is 29.3 Å². The minimum atomic E-state index is -0.268. The molecule has 1 amide bonds. The highest BCUT2D eigenvalue weighted by Gasteiger charge is 2.12. The van der Waals surface area contributed by atoms with Gasteiger partial charge in [-0.3, -0.25) is 4.79 Å². The summed E-state index contributed by atoms with van der Waals surface area (Å²) in [4.78, 5) is 12.1. The number of amides is 1. The standard InChI is InChI=1S/C20H22ClNO4/c1-13(2)26-20-17(21)10-14(11-18(20)25-4)8-9-19(23)22-15-6-5-7-16(12-15)24-3/h5-13H,1-4H3,(H,22,23)/b9-8+. The lowest BCUT2D eigenvalue weighted by atomic mass is 10.1. The second-order valence-corrected chi connectivity index (χ2v) is 6.16. The second-order valence-electron chi connectivity index (χ2n) is 5.76. The van der Waals surface area contributed by atoms with Crippen LogP contribution in [0, 0.1) is 0 Å². The summed E-state index contributed by atoms with van der Waals surface area (Å²) in [6, 6.07) is 10.6. The maximum atomic E-state index is 12.1. The summed E-state index contributed by atoms with van der Waals surface area (Å²) in [5, 5.41) is 3.20. The van der Waals surface area contributed by atoms with Gasteiger partial charge in [0.25, 0.3) is 0 Å². The van der Waals surface area contributed by atoms with Crippen molar-refractivity contribution in [2.75, 3.05) is 19.5 Å². The minimum Gasteiger partial charge on any atom is -0.497 e. The number of ether oxygens (including phenoxy) is 3. The molecule has 5 nitrogen and oxygen atoms in total. The van der Waals surface area contributed by atoms with Crippen LogP contribution in [0.5, 0.6) is 17.2 Å². The van der Waals surface area contributed by atoms with Crippen molar-refractivity contribution in [2.45, 2.75) is 20.0 Å². The third kappa shape index (κ3) is 5.43. The number of benzene rings is 2. The number of methoxy groups -OCH3 is 2. The Labute approximate surface area is 158 Å². The molecule has 138 valence electrons. The fourth-order valence-electron chi connectivity index (χ4n) is 2.24. The summed E-state index contributed by atoms with van der Waals surface area (Å²) in [5.41, 5.74) is 1.37. The average Bonchev–Trinajstić information content (AvgIpc) is 2.61. The van der Waals surface area contributed by atoms with Crippen LogP contribution >= 0.6 is 11.6 Å². The van der Waals surface area contributed by atoms with Crippen LogP contribution in [0.15, 0.2) is 42.5 Å². The number of carbonyl (C=O) groups excluding carboxylic acids is 1. The molecule has 0 fully saturated rings. The van der Waals surface area contributed by atoms with E-state index in [0.717, 1.165) is 5.56 Å². The Morgan fingerprint density at radius 1 is 1.15 bits per heavy atom. The molecule has 0 aliphatic heterocycles. The number of hydrogen-bond acceptors (Lipinski definition) is 4. The maximum Gasteiger partial charge on any atom is 0.248 e. The summed E-state index contributed by atoms with van der Waals surface area (Å²) in [6.07, 6.45) is 3.05. The highest BCUT2D eigenvalue weighted by Crippen LogP contribution is 2.37. The molecule has 1 N–H and O–H groups in total. The normalized spacial score (nSPS) is 10.8. The molecule has 0 saturated heterocycles. The van der Waals surface area contributed by atoms with Crippen LogP contribution in [0.4, 0.5) is 5.69 Å². The Morgan fingerprint density at radius 2 is 1.92 bits per heavy atom. The fourth-order valence-corrected chi connectivity index (χ4v) is 2.51. The van der Waals surface area contributed by atoms with E-state index in [1.54, 1.807) is 56.7 Å².